The number of sulfonamides is 1. The Morgan fingerprint density at radius 1 is 1.05 bits per heavy atom. The van der Waals surface area contributed by atoms with Crippen LogP contribution in [0.2, 0.25) is 5.02 Å². The zero-order valence-electron chi connectivity index (χ0n) is 25.1. The Kier molecular flexibility index (Phi) is 8.99. The number of piperazine rings is 1. The van der Waals surface area contributed by atoms with Crippen molar-refractivity contribution in [2.45, 2.75) is 24.8 Å². The van der Waals surface area contributed by atoms with Crippen LogP contribution >= 0.6 is 27.5 Å². The van der Waals surface area contributed by atoms with Crippen molar-refractivity contribution in [3.8, 4) is 5.69 Å². The minimum absolute atomic E-state index is 0.00243. The first-order valence-electron chi connectivity index (χ1n) is 14.0. The summed E-state index contributed by atoms with van der Waals surface area (Å²) >= 11 is 9.95. The predicted molar refractivity (Wildman–Crippen MR) is 179 cm³/mol. The van der Waals surface area contributed by atoms with Crippen LogP contribution in [0.5, 0.6) is 0 Å². The monoisotopic (exact) mass is 700 g/mol. The third kappa shape index (κ3) is 5.91. The SMILES string of the molecule is Cc1c(N(C)S(=O)(=O)c2ccc(Cl)c(C(=O)Nc3cc(Br)ccc3N3CCN(C)CC3C)c2)c(=O)n(-c2ccccc2)n1C. The summed E-state index contributed by atoms with van der Waals surface area (Å²) in [5.41, 5.74) is 1.98. The van der Waals surface area contributed by atoms with Gasteiger partial charge in [0.2, 0.25) is 0 Å². The maximum atomic E-state index is 13.9. The van der Waals surface area contributed by atoms with Gasteiger partial charge in [0.05, 0.1) is 38.2 Å². The predicted octanol–water partition coefficient (Wildman–Crippen LogP) is 5.12. The van der Waals surface area contributed by atoms with Crippen molar-refractivity contribution in [3.63, 3.8) is 0 Å². The summed E-state index contributed by atoms with van der Waals surface area (Å²) in [6, 6.07) is 18.8. The number of benzene rings is 3. The Hall–Kier alpha value is -3.58. The number of likely N-dealkylation sites (N-methyl/N-ethyl adjacent to an activating group) is 1. The molecule has 0 spiro atoms. The van der Waals surface area contributed by atoms with E-state index in [4.69, 9.17) is 11.6 Å². The van der Waals surface area contributed by atoms with Gasteiger partial charge in [0.15, 0.2) is 0 Å². The molecule has 1 atom stereocenters. The van der Waals surface area contributed by atoms with Crippen molar-refractivity contribution < 1.29 is 13.2 Å². The van der Waals surface area contributed by atoms with Gasteiger partial charge in [-0.2, -0.15) is 0 Å². The van der Waals surface area contributed by atoms with E-state index in [2.05, 4.69) is 45.0 Å². The molecule has 13 heteroatoms. The van der Waals surface area contributed by atoms with Gasteiger partial charge in [-0.3, -0.25) is 18.6 Å². The van der Waals surface area contributed by atoms with E-state index < -0.39 is 21.5 Å². The van der Waals surface area contributed by atoms with E-state index in [1.807, 2.05) is 24.3 Å². The first kappa shape index (κ1) is 31.8. The highest BCUT2D eigenvalue weighted by Gasteiger charge is 2.30. The molecular weight excluding hydrogens is 668 g/mol. The Bertz CT molecular complexity index is 1890. The second-order valence-corrected chi connectivity index (χ2v) is 14.2. The Morgan fingerprint density at radius 2 is 1.75 bits per heavy atom. The van der Waals surface area contributed by atoms with Gasteiger partial charge in [0.25, 0.3) is 21.5 Å². The van der Waals surface area contributed by atoms with E-state index in [0.29, 0.717) is 17.1 Å². The minimum atomic E-state index is -4.27. The number of para-hydroxylation sites is 1. The molecule has 0 saturated carbocycles. The standard InChI is InChI=1S/C31H34BrClN6O4S/c1-20-19-35(3)15-16-38(20)28-14-11-22(32)17-27(28)34-30(40)25-18-24(12-13-26(25)33)44(42,43)37(5)29-21(2)36(4)39(31(29)41)23-9-7-6-8-10-23/h6-14,17-18,20H,15-16,19H2,1-5H3,(H,34,40). The molecule has 0 bridgehead atoms. The first-order valence-corrected chi connectivity index (χ1v) is 16.6. The molecule has 44 heavy (non-hydrogen) atoms. The number of rotatable bonds is 7. The van der Waals surface area contributed by atoms with Gasteiger partial charge >= 0.3 is 0 Å². The second kappa shape index (κ2) is 12.4. The van der Waals surface area contributed by atoms with Crippen LogP contribution < -0.4 is 20.1 Å². The maximum Gasteiger partial charge on any atom is 0.296 e. The summed E-state index contributed by atoms with van der Waals surface area (Å²) in [6.07, 6.45) is 0. The van der Waals surface area contributed by atoms with Gasteiger partial charge in [0, 0.05) is 44.2 Å². The van der Waals surface area contributed by atoms with Crippen LogP contribution in [0.25, 0.3) is 5.69 Å². The van der Waals surface area contributed by atoms with Crippen LogP contribution in [0.1, 0.15) is 23.0 Å². The molecule has 0 radical (unpaired) electrons. The van der Waals surface area contributed by atoms with Gasteiger partial charge in [0.1, 0.15) is 5.69 Å². The highest BCUT2D eigenvalue weighted by atomic mass is 79.9. The summed E-state index contributed by atoms with van der Waals surface area (Å²) in [5, 5.41) is 3.04. The fourth-order valence-corrected chi connectivity index (χ4v) is 7.42. The van der Waals surface area contributed by atoms with Gasteiger partial charge in [-0.1, -0.05) is 45.7 Å². The quantitative estimate of drug-likeness (QED) is 0.288. The molecule has 1 aliphatic rings. The van der Waals surface area contributed by atoms with E-state index in [0.717, 1.165) is 34.1 Å². The van der Waals surface area contributed by atoms with E-state index in [9.17, 15) is 18.0 Å². The summed E-state index contributed by atoms with van der Waals surface area (Å²) < 4.78 is 32.5. The van der Waals surface area contributed by atoms with E-state index in [-0.39, 0.29) is 27.2 Å². The molecule has 3 aromatic carbocycles. The lowest BCUT2D eigenvalue weighted by Crippen LogP contribution is -2.50. The topological polar surface area (TPSA) is 99.9 Å². The number of nitrogens with one attached hydrogen (secondary N) is 1. The number of amides is 1. The zero-order valence-corrected chi connectivity index (χ0v) is 28.2. The van der Waals surface area contributed by atoms with Crippen molar-refractivity contribution >= 4 is 60.5 Å². The van der Waals surface area contributed by atoms with Crippen molar-refractivity contribution in [2.75, 3.05) is 48.3 Å². The van der Waals surface area contributed by atoms with Crippen LogP contribution in [-0.4, -0.2) is 68.4 Å². The average molecular weight is 702 g/mol. The zero-order chi connectivity index (χ0) is 31.9. The van der Waals surface area contributed by atoms with Crippen LogP contribution in [0.15, 0.2) is 80.9 Å². The second-order valence-electron chi connectivity index (χ2n) is 10.9. The molecule has 10 nitrogen and oxygen atoms in total. The average Bonchev–Trinajstić information content (AvgIpc) is 3.20. The molecule has 0 aliphatic carbocycles. The fraction of sp³-hybridized carbons (Fsp3) is 0.290. The highest BCUT2D eigenvalue weighted by molar-refractivity contribution is 9.10. The molecule has 1 unspecified atom stereocenters. The van der Waals surface area contributed by atoms with Crippen molar-refractivity contribution in [2.24, 2.45) is 7.05 Å². The molecule has 1 amide bonds. The molecule has 1 N–H and O–H groups in total. The number of hydrogen-bond acceptors (Lipinski definition) is 6. The number of anilines is 3. The number of hydrogen-bond donors (Lipinski definition) is 1. The number of carbonyl (C=O) groups is 1. The minimum Gasteiger partial charge on any atom is -0.365 e. The Morgan fingerprint density at radius 3 is 2.43 bits per heavy atom. The van der Waals surface area contributed by atoms with Crippen LogP contribution in [0.3, 0.4) is 0 Å². The highest BCUT2D eigenvalue weighted by Crippen LogP contribution is 2.33. The van der Waals surface area contributed by atoms with Gasteiger partial charge < -0.3 is 15.1 Å². The summed E-state index contributed by atoms with van der Waals surface area (Å²) in [5.74, 6) is -0.557. The molecule has 1 aliphatic heterocycles. The molecular formula is C31H34BrClN6O4S. The molecule has 4 aromatic rings. The van der Waals surface area contributed by atoms with Crippen molar-refractivity contribution in [1.82, 2.24) is 14.3 Å². The number of aromatic nitrogens is 2. The molecule has 5 rings (SSSR count). The molecule has 1 saturated heterocycles. The van der Waals surface area contributed by atoms with E-state index >= 15 is 0 Å². The third-order valence-corrected chi connectivity index (χ3v) is 10.6. The van der Waals surface area contributed by atoms with Gasteiger partial charge in [-0.25, -0.2) is 13.1 Å². The largest absolute Gasteiger partial charge is 0.365 e. The molecule has 2 heterocycles. The fourth-order valence-electron chi connectivity index (χ4n) is 5.58. The number of carbonyl (C=O) groups excluding carboxylic acids is 1. The Balaban J connectivity index is 1.48. The lowest BCUT2D eigenvalue weighted by molar-refractivity contribution is 0.102. The number of nitrogens with zero attached hydrogens (tertiary/aromatic N) is 5. The normalized spacial score (nSPS) is 15.8. The lowest BCUT2D eigenvalue weighted by atomic mass is 10.1. The van der Waals surface area contributed by atoms with Crippen molar-refractivity contribution in [3.05, 3.63) is 97.8 Å². The molecule has 232 valence electrons. The summed E-state index contributed by atoms with van der Waals surface area (Å²) in [6.45, 7) is 6.35. The Labute approximate surface area is 270 Å². The first-order chi connectivity index (χ1) is 20.8. The van der Waals surface area contributed by atoms with Crippen LogP contribution in [0, 0.1) is 6.92 Å². The molecule has 1 aromatic heterocycles. The number of halogens is 2. The molecule has 1 fully saturated rings. The lowest BCUT2D eigenvalue weighted by Gasteiger charge is -2.40. The summed E-state index contributed by atoms with van der Waals surface area (Å²) in [4.78, 5) is 31.5. The van der Waals surface area contributed by atoms with Crippen molar-refractivity contribution in [1.29, 1.82) is 0 Å². The van der Waals surface area contributed by atoms with E-state index in [1.54, 1.807) is 42.9 Å². The smallest absolute Gasteiger partial charge is 0.296 e. The third-order valence-electron chi connectivity index (χ3n) is 8.03. The summed E-state index contributed by atoms with van der Waals surface area (Å²) in [7, 11) is 0.834. The van der Waals surface area contributed by atoms with E-state index in [1.165, 1.54) is 29.9 Å². The van der Waals surface area contributed by atoms with Crippen LogP contribution in [-0.2, 0) is 17.1 Å². The van der Waals surface area contributed by atoms with Gasteiger partial charge in [-0.15, -0.1) is 0 Å². The van der Waals surface area contributed by atoms with Crippen LogP contribution in [0.4, 0.5) is 17.1 Å². The van der Waals surface area contributed by atoms with Gasteiger partial charge in [-0.05, 0) is 69.4 Å². The maximum absolute atomic E-state index is 13.9.